The van der Waals surface area contributed by atoms with Crippen molar-refractivity contribution < 1.29 is 33.1 Å². The number of aromatic nitrogens is 3. The van der Waals surface area contributed by atoms with Crippen LogP contribution in [0.25, 0.3) is 22.6 Å². The third kappa shape index (κ3) is 5.49. The van der Waals surface area contributed by atoms with Crippen molar-refractivity contribution in [3.05, 3.63) is 78.5 Å². The molecule has 3 heterocycles. The van der Waals surface area contributed by atoms with Gasteiger partial charge in [-0.2, -0.15) is 0 Å². The van der Waals surface area contributed by atoms with E-state index in [2.05, 4.69) is 15.6 Å². The van der Waals surface area contributed by atoms with Crippen LogP contribution in [-0.2, 0) is 23.2 Å². The Balaban J connectivity index is 1.21. The summed E-state index contributed by atoms with van der Waals surface area (Å²) in [7, 11) is 1.55. The van der Waals surface area contributed by atoms with Gasteiger partial charge >= 0.3 is 0 Å². The lowest BCUT2D eigenvalue weighted by Gasteiger charge is -2.22. The minimum Gasteiger partial charge on any atom is -0.539 e. The van der Waals surface area contributed by atoms with Crippen molar-refractivity contribution >= 4 is 51.6 Å². The summed E-state index contributed by atoms with van der Waals surface area (Å²) in [5, 5.41) is 18.9. The summed E-state index contributed by atoms with van der Waals surface area (Å²) in [6.45, 7) is 2.30. The topological polar surface area (TPSA) is 141 Å². The van der Waals surface area contributed by atoms with Gasteiger partial charge in [0, 0.05) is 11.3 Å². The van der Waals surface area contributed by atoms with Gasteiger partial charge in [0.1, 0.15) is 23.9 Å². The molecule has 5 aromatic rings. The summed E-state index contributed by atoms with van der Waals surface area (Å²) >= 11 is 5.70. The molecule has 0 radical (unpaired) electrons. The fourth-order valence-electron chi connectivity index (χ4n) is 4.85. The summed E-state index contributed by atoms with van der Waals surface area (Å²) in [5.41, 5.74) is 3.41. The number of amides is 2. The Morgan fingerprint density at radius 1 is 1.12 bits per heavy atom. The molecule has 1 N–H and O–H groups in total. The van der Waals surface area contributed by atoms with E-state index in [4.69, 9.17) is 25.9 Å². The quantitative estimate of drug-likeness (QED) is 0.198. The molecule has 13 heteroatoms. The van der Waals surface area contributed by atoms with Crippen molar-refractivity contribution in [2.24, 2.45) is 7.05 Å². The summed E-state index contributed by atoms with van der Waals surface area (Å²) < 4.78 is 17.4. The average molecular weight is 599 g/mol. The average Bonchev–Trinajstić information content (AvgIpc) is 3.65. The summed E-state index contributed by atoms with van der Waals surface area (Å²) in [4.78, 5) is 34.4. The molecule has 3 aromatic carbocycles. The first-order chi connectivity index (χ1) is 20.8. The molecule has 6 rings (SSSR count). The molecular formula is C30H26N6O6S. The number of ether oxygens (including phenoxy) is 1. The van der Waals surface area contributed by atoms with Crippen LogP contribution >= 0.6 is 12.2 Å². The molecule has 1 atom stereocenters. The highest BCUT2D eigenvalue weighted by molar-refractivity contribution is 7.80. The third-order valence-electron chi connectivity index (χ3n) is 7.01. The highest BCUT2D eigenvalue weighted by atomic mass is 32.1. The van der Waals surface area contributed by atoms with E-state index in [-0.39, 0.29) is 23.8 Å². The molecule has 2 aromatic heterocycles. The van der Waals surface area contributed by atoms with Crippen molar-refractivity contribution in [1.29, 1.82) is 0 Å². The number of carbonyl (C=O) groups is 2. The van der Waals surface area contributed by atoms with E-state index < -0.39 is 23.8 Å². The molecule has 43 heavy (non-hydrogen) atoms. The van der Waals surface area contributed by atoms with Crippen LogP contribution in [0.15, 0.2) is 81.7 Å². The number of oxazole rings is 1. The van der Waals surface area contributed by atoms with Gasteiger partial charge in [-0.25, -0.2) is 4.98 Å². The van der Waals surface area contributed by atoms with Crippen molar-refractivity contribution in [2.75, 3.05) is 16.8 Å². The number of para-hydroxylation sites is 2. The van der Waals surface area contributed by atoms with E-state index in [1.165, 1.54) is 14.5 Å². The molecule has 0 spiro atoms. The maximum atomic E-state index is 13.7. The Hall–Kier alpha value is -5.30. The third-order valence-corrected chi connectivity index (χ3v) is 7.42. The normalized spacial score (nSPS) is 15.0. The molecule has 1 aliphatic rings. The van der Waals surface area contributed by atoms with Gasteiger partial charge in [0.15, 0.2) is 23.7 Å². The zero-order valence-electron chi connectivity index (χ0n) is 23.2. The van der Waals surface area contributed by atoms with Crippen LogP contribution < -0.4 is 24.7 Å². The van der Waals surface area contributed by atoms with Crippen LogP contribution in [0.3, 0.4) is 0 Å². The molecule has 218 valence electrons. The SMILES string of the molecule is CCOc1ccc(N2C(=O)C(CC(=O)Nc3ccc(-c4nc5ccccc5o4)cc3)N(Cc3c([O-])on[n+]3C)C2=S)cc1. The second-order valence-corrected chi connectivity index (χ2v) is 10.1. The van der Waals surface area contributed by atoms with E-state index in [0.29, 0.717) is 35.2 Å². The number of carbonyl (C=O) groups excluding carboxylic acids is 2. The highest BCUT2D eigenvalue weighted by Crippen LogP contribution is 2.31. The zero-order chi connectivity index (χ0) is 30.1. The Morgan fingerprint density at radius 3 is 2.53 bits per heavy atom. The van der Waals surface area contributed by atoms with Crippen LogP contribution in [-0.4, -0.2) is 44.7 Å². The van der Waals surface area contributed by atoms with Gasteiger partial charge in [0.2, 0.25) is 11.8 Å². The molecule has 1 unspecified atom stereocenters. The summed E-state index contributed by atoms with van der Waals surface area (Å²) in [5.74, 6) is -0.354. The monoisotopic (exact) mass is 598 g/mol. The van der Waals surface area contributed by atoms with Crippen LogP contribution in [0.2, 0.25) is 0 Å². The maximum Gasteiger partial charge on any atom is 0.256 e. The number of thiocarbonyl (C=S) groups is 1. The minimum atomic E-state index is -0.979. The lowest BCUT2D eigenvalue weighted by molar-refractivity contribution is -0.746. The van der Waals surface area contributed by atoms with Crippen LogP contribution in [0.1, 0.15) is 19.0 Å². The van der Waals surface area contributed by atoms with E-state index in [1.807, 2.05) is 31.2 Å². The number of nitrogens with one attached hydrogen (secondary N) is 1. The molecule has 2 amide bonds. The molecule has 0 saturated carbocycles. The molecule has 1 aliphatic heterocycles. The predicted molar refractivity (Wildman–Crippen MR) is 157 cm³/mol. The standard InChI is InChI=1S/C30H26N6O6S/c1-3-40-21-14-12-20(13-15-21)36-28(38)23(35(30(36)43)17-24-29(39)42-33-34(24)2)16-26(37)31-19-10-8-18(9-11-19)27-32-22-6-4-5-7-25(22)41-27/h4-15,23H,3,16-17H2,1-2H3,(H-,31,32,33,37,39). The number of hydrogen-bond donors (Lipinski definition) is 1. The Morgan fingerprint density at radius 2 is 1.86 bits per heavy atom. The Labute approximate surface area is 251 Å². The lowest BCUT2D eigenvalue weighted by Crippen LogP contribution is -2.42. The first-order valence-electron chi connectivity index (χ1n) is 13.5. The second-order valence-electron chi connectivity index (χ2n) is 9.77. The number of anilines is 2. The van der Waals surface area contributed by atoms with Gasteiger partial charge < -0.3 is 29.0 Å². The van der Waals surface area contributed by atoms with Gasteiger partial charge in [0.05, 0.1) is 24.0 Å². The first kappa shape index (κ1) is 27.8. The minimum absolute atomic E-state index is 0.0753. The van der Waals surface area contributed by atoms with Crippen LogP contribution in [0.5, 0.6) is 11.7 Å². The smallest absolute Gasteiger partial charge is 0.256 e. The molecular weight excluding hydrogens is 572 g/mol. The first-order valence-corrected chi connectivity index (χ1v) is 13.9. The number of fused-ring (bicyclic) bond motifs is 1. The van der Waals surface area contributed by atoms with E-state index >= 15 is 0 Å². The fourth-order valence-corrected chi connectivity index (χ4v) is 5.24. The maximum absolute atomic E-state index is 13.7. The predicted octanol–water partition coefficient (Wildman–Crippen LogP) is 3.31. The van der Waals surface area contributed by atoms with Gasteiger partial charge in [-0.1, -0.05) is 16.8 Å². The molecule has 12 nitrogen and oxygen atoms in total. The second kappa shape index (κ2) is 11.5. The molecule has 0 aliphatic carbocycles. The van der Waals surface area contributed by atoms with Gasteiger partial charge in [-0.05, 0) is 79.8 Å². The zero-order valence-corrected chi connectivity index (χ0v) is 24.0. The number of aryl methyl sites for hydroxylation is 1. The van der Waals surface area contributed by atoms with Crippen molar-refractivity contribution in [3.63, 3.8) is 0 Å². The van der Waals surface area contributed by atoms with E-state index in [0.717, 1.165) is 11.1 Å². The van der Waals surface area contributed by atoms with Gasteiger partial charge in [-0.3, -0.25) is 14.5 Å². The van der Waals surface area contributed by atoms with Crippen molar-refractivity contribution in [2.45, 2.75) is 25.9 Å². The van der Waals surface area contributed by atoms with Gasteiger partial charge in [-0.15, -0.1) is 0 Å². The van der Waals surface area contributed by atoms with E-state index in [1.54, 1.807) is 55.6 Å². The van der Waals surface area contributed by atoms with Crippen molar-refractivity contribution in [1.82, 2.24) is 15.2 Å². The van der Waals surface area contributed by atoms with Crippen LogP contribution in [0, 0.1) is 0 Å². The number of rotatable bonds is 9. The molecule has 0 bridgehead atoms. The summed E-state index contributed by atoms with van der Waals surface area (Å²) in [6, 6.07) is 20.4. The Kier molecular flexibility index (Phi) is 7.47. The largest absolute Gasteiger partial charge is 0.539 e. The number of nitrogens with zero attached hydrogens (tertiary/aromatic N) is 5. The van der Waals surface area contributed by atoms with Gasteiger partial charge in [0.25, 0.3) is 11.6 Å². The molecule has 1 fully saturated rings. The highest BCUT2D eigenvalue weighted by Gasteiger charge is 2.45. The summed E-state index contributed by atoms with van der Waals surface area (Å²) in [6.07, 6.45) is -0.220. The lowest BCUT2D eigenvalue weighted by atomic mass is 10.1. The Bertz CT molecular complexity index is 1760. The fraction of sp³-hybridized carbons (Fsp3) is 0.200. The van der Waals surface area contributed by atoms with E-state index in [9.17, 15) is 14.7 Å². The van der Waals surface area contributed by atoms with Crippen molar-refractivity contribution in [3.8, 4) is 23.1 Å². The van der Waals surface area contributed by atoms with Crippen LogP contribution in [0.4, 0.5) is 11.4 Å². The number of benzene rings is 3. The number of hydrogen-bond acceptors (Lipinski definition) is 9. The molecule has 1 saturated heterocycles.